The Hall–Kier alpha value is -3.13. The van der Waals surface area contributed by atoms with E-state index in [1.54, 1.807) is 25.7 Å². The molecule has 0 radical (unpaired) electrons. The third-order valence-corrected chi connectivity index (χ3v) is 3.50. The number of aliphatic hydroxyl groups excluding tert-OH is 1. The second-order valence-corrected chi connectivity index (χ2v) is 5.35. The van der Waals surface area contributed by atoms with Crippen LogP contribution in [0.1, 0.15) is 5.69 Å². The van der Waals surface area contributed by atoms with E-state index in [1.807, 2.05) is 35.9 Å². The molecule has 0 aliphatic rings. The van der Waals surface area contributed by atoms with E-state index in [4.69, 9.17) is 9.84 Å². The van der Waals surface area contributed by atoms with Gasteiger partial charge in [0.2, 0.25) is 5.95 Å². The van der Waals surface area contributed by atoms with Gasteiger partial charge in [-0.1, -0.05) is 0 Å². The van der Waals surface area contributed by atoms with Crippen molar-refractivity contribution < 1.29 is 9.84 Å². The molecule has 8 nitrogen and oxygen atoms in total. The lowest BCUT2D eigenvalue weighted by molar-refractivity contribution is 0.311. The number of imidazole rings is 1. The summed E-state index contributed by atoms with van der Waals surface area (Å²) in [6.07, 6.45) is 5.33. The first-order chi connectivity index (χ1) is 12.2. The zero-order chi connectivity index (χ0) is 17.6. The fourth-order valence-electron chi connectivity index (χ4n) is 2.35. The number of nitrogens with one attached hydrogen (secondary N) is 2. The molecule has 2 heterocycles. The van der Waals surface area contributed by atoms with Crippen molar-refractivity contribution in [3.8, 4) is 11.4 Å². The topological polar surface area (TPSA) is 97.1 Å². The fourth-order valence-corrected chi connectivity index (χ4v) is 2.35. The molecule has 3 rings (SSSR count). The number of hydrogen-bond donors (Lipinski definition) is 3. The molecule has 0 spiro atoms. The predicted octanol–water partition coefficient (Wildman–Crippen LogP) is 2.13. The second kappa shape index (κ2) is 7.63. The number of aryl methyl sites for hydroxylation is 1. The SMILES string of the molecule is COc1cc(Nc2nccc(NCCO)n2)ccc1-n1cnc(C)c1. The first kappa shape index (κ1) is 16.7. The molecule has 0 aliphatic heterocycles. The van der Waals surface area contributed by atoms with Crippen LogP contribution in [0.2, 0.25) is 0 Å². The maximum absolute atomic E-state index is 8.87. The average Bonchev–Trinajstić information content (AvgIpc) is 3.06. The van der Waals surface area contributed by atoms with E-state index in [2.05, 4.69) is 25.6 Å². The van der Waals surface area contributed by atoms with Crippen molar-refractivity contribution in [2.45, 2.75) is 6.92 Å². The number of ether oxygens (including phenoxy) is 1. The average molecular weight is 340 g/mol. The van der Waals surface area contributed by atoms with Gasteiger partial charge < -0.3 is 25.0 Å². The van der Waals surface area contributed by atoms with E-state index < -0.39 is 0 Å². The first-order valence-electron chi connectivity index (χ1n) is 7.83. The third-order valence-electron chi connectivity index (χ3n) is 3.50. The lowest BCUT2D eigenvalue weighted by Gasteiger charge is -2.12. The number of methoxy groups -OCH3 is 1. The van der Waals surface area contributed by atoms with E-state index >= 15 is 0 Å². The highest BCUT2D eigenvalue weighted by molar-refractivity contribution is 5.62. The maximum Gasteiger partial charge on any atom is 0.229 e. The molecule has 0 amide bonds. The Balaban J connectivity index is 1.81. The monoisotopic (exact) mass is 340 g/mol. The summed E-state index contributed by atoms with van der Waals surface area (Å²) in [7, 11) is 1.63. The Morgan fingerprint density at radius 2 is 2.12 bits per heavy atom. The van der Waals surface area contributed by atoms with E-state index in [0.29, 0.717) is 24.1 Å². The number of hydrogen-bond acceptors (Lipinski definition) is 7. The quantitative estimate of drug-likeness (QED) is 0.606. The van der Waals surface area contributed by atoms with Gasteiger partial charge in [-0.2, -0.15) is 4.98 Å². The van der Waals surface area contributed by atoms with Gasteiger partial charge in [-0.25, -0.2) is 9.97 Å². The van der Waals surface area contributed by atoms with Crippen molar-refractivity contribution >= 4 is 17.5 Å². The van der Waals surface area contributed by atoms with Crippen LogP contribution in [0.4, 0.5) is 17.5 Å². The Bertz CT molecular complexity index is 849. The van der Waals surface area contributed by atoms with Crippen molar-refractivity contribution in [1.29, 1.82) is 0 Å². The number of nitrogens with zero attached hydrogens (tertiary/aromatic N) is 4. The van der Waals surface area contributed by atoms with Crippen LogP contribution in [-0.2, 0) is 0 Å². The molecule has 0 atom stereocenters. The summed E-state index contributed by atoms with van der Waals surface area (Å²) in [6.45, 7) is 2.41. The fraction of sp³-hybridized carbons (Fsp3) is 0.235. The van der Waals surface area contributed by atoms with Crippen LogP contribution >= 0.6 is 0 Å². The lowest BCUT2D eigenvalue weighted by atomic mass is 10.2. The highest BCUT2D eigenvalue weighted by Crippen LogP contribution is 2.28. The minimum absolute atomic E-state index is 0.0408. The molecular weight excluding hydrogens is 320 g/mol. The summed E-state index contributed by atoms with van der Waals surface area (Å²) in [5.41, 5.74) is 2.63. The van der Waals surface area contributed by atoms with Gasteiger partial charge >= 0.3 is 0 Å². The molecule has 0 saturated carbocycles. The number of aliphatic hydroxyl groups is 1. The van der Waals surface area contributed by atoms with E-state index in [-0.39, 0.29) is 6.61 Å². The number of anilines is 3. The van der Waals surface area contributed by atoms with Gasteiger partial charge in [-0.15, -0.1) is 0 Å². The van der Waals surface area contributed by atoms with Crippen LogP contribution in [0.25, 0.3) is 5.69 Å². The zero-order valence-electron chi connectivity index (χ0n) is 14.1. The largest absolute Gasteiger partial charge is 0.494 e. The Labute approximate surface area is 145 Å². The standard InChI is InChI=1S/C17H20N6O2/c1-12-10-23(11-20-12)14-4-3-13(9-15(14)25-2)21-17-19-6-5-16(22-17)18-7-8-24/h3-6,9-11,24H,7-8H2,1-2H3,(H2,18,19,21,22). The van der Waals surface area contributed by atoms with Gasteiger partial charge in [-0.05, 0) is 25.1 Å². The first-order valence-corrected chi connectivity index (χ1v) is 7.83. The number of rotatable bonds is 7. The Morgan fingerprint density at radius 1 is 1.24 bits per heavy atom. The summed E-state index contributed by atoms with van der Waals surface area (Å²) in [5, 5.41) is 15.0. The van der Waals surface area contributed by atoms with Crippen molar-refractivity contribution in [2.75, 3.05) is 30.9 Å². The smallest absolute Gasteiger partial charge is 0.229 e. The summed E-state index contributed by atoms with van der Waals surface area (Å²) < 4.78 is 7.41. The normalized spacial score (nSPS) is 10.5. The Morgan fingerprint density at radius 3 is 2.84 bits per heavy atom. The molecule has 25 heavy (non-hydrogen) atoms. The Kier molecular flexibility index (Phi) is 5.10. The molecule has 0 saturated heterocycles. The molecule has 0 fully saturated rings. The minimum atomic E-state index is 0.0408. The van der Waals surface area contributed by atoms with Gasteiger partial charge in [0.15, 0.2) is 0 Å². The van der Waals surface area contributed by atoms with Crippen molar-refractivity contribution in [1.82, 2.24) is 19.5 Å². The third kappa shape index (κ3) is 4.04. The molecule has 3 aromatic rings. The van der Waals surface area contributed by atoms with E-state index in [9.17, 15) is 0 Å². The number of aromatic nitrogens is 4. The van der Waals surface area contributed by atoms with Crippen LogP contribution in [0, 0.1) is 6.92 Å². The van der Waals surface area contributed by atoms with Crippen molar-refractivity contribution in [2.24, 2.45) is 0 Å². The summed E-state index contributed by atoms with van der Waals surface area (Å²) >= 11 is 0. The van der Waals surface area contributed by atoms with Gasteiger partial charge in [0.25, 0.3) is 0 Å². The van der Waals surface area contributed by atoms with Gasteiger partial charge in [0.1, 0.15) is 11.6 Å². The molecule has 0 unspecified atom stereocenters. The van der Waals surface area contributed by atoms with Crippen molar-refractivity contribution in [3.63, 3.8) is 0 Å². The maximum atomic E-state index is 8.87. The van der Waals surface area contributed by atoms with Crippen molar-refractivity contribution in [3.05, 3.63) is 48.7 Å². The lowest BCUT2D eigenvalue weighted by Crippen LogP contribution is -2.08. The number of benzene rings is 1. The highest BCUT2D eigenvalue weighted by atomic mass is 16.5. The van der Waals surface area contributed by atoms with E-state index in [0.717, 1.165) is 17.1 Å². The molecular formula is C17H20N6O2. The van der Waals surface area contributed by atoms with Crippen LogP contribution in [0.3, 0.4) is 0 Å². The zero-order valence-corrected chi connectivity index (χ0v) is 14.1. The van der Waals surface area contributed by atoms with Gasteiger partial charge in [-0.3, -0.25) is 0 Å². The summed E-state index contributed by atoms with van der Waals surface area (Å²) in [4.78, 5) is 12.8. The predicted molar refractivity (Wildman–Crippen MR) is 95.7 cm³/mol. The highest BCUT2D eigenvalue weighted by Gasteiger charge is 2.08. The van der Waals surface area contributed by atoms with E-state index in [1.165, 1.54) is 0 Å². The summed E-state index contributed by atoms with van der Waals surface area (Å²) in [5.74, 6) is 1.80. The molecule has 3 N–H and O–H groups in total. The molecule has 2 aromatic heterocycles. The molecule has 8 heteroatoms. The molecule has 130 valence electrons. The minimum Gasteiger partial charge on any atom is -0.494 e. The van der Waals surface area contributed by atoms with Crippen LogP contribution in [-0.4, -0.2) is 44.9 Å². The van der Waals surface area contributed by atoms with Crippen LogP contribution in [0.5, 0.6) is 5.75 Å². The molecule has 1 aromatic carbocycles. The second-order valence-electron chi connectivity index (χ2n) is 5.35. The van der Waals surface area contributed by atoms with Gasteiger partial charge in [0.05, 0.1) is 31.4 Å². The van der Waals surface area contributed by atoms with Gasteiger partial charge in [0, 0.05) is 30.7 Å². The molecule has 0 aliphatic carbocycles. The van der Waals surface area contributed by atoms with Crippen LogP contribution < -0.4 is 15.4 Å². The van der Waals surface area contributed by atoms with Crippen LogP contribution in [0.15, 0.2) is 43.0 Å². The summed E-state index contributed by atoms with van der Waals surface area (Å²) in [6, 6.07) is 7.48. The molecule has 0 bridgehead atoms.